The van der Waals surface area contributed by atoms with E-state index in [1.807, 2.05) is 19.1 Å². The second-order valence-corrected chi connectivity index (χ2v) is 6.67. The van der Waals surface area contributed by atoms with Gasteiger partial charge in [-0.3, -0.25) is 19.8 Å². The number of ether oxygens (including phenoxy) is 2. The fraction of sp³-hybridized carbons (Fsp3) is 0.350. The molecule has 1 heterocycles. The Morgan fingerprint density at radius 1 is 1.14 bits per heavy atom. The Morgan fingerprint density at radius 2 is 1.75 bits per heavy atom. The Bertz CT molecular complexity index is 882. The van der Waals surface area contributed by atoms with Gasteiger partial charge in [-0.2, -0.15) is 0 Å². The Kier molecular flexibility index (Phi) is 5.79. The molecule has 0 spiro atoms. The Hall–Kier alpha value is -3.13. The minimum absolute atomic E-state index is 0.0111. The molecule has 0 aromatic heterocycles. The highest BCUT2D eigenvalue weighted by molar-refractivity contribution is 5.94. The molecule has 1 N–H and O–H groups in total. The average Bonchev–Trinajstić information content (AvgIpc) is 2.71. The summed E-state index contributed by atoms with van der Waals surface area (Å²) in [6.07, 6.45) is 0.810. The molecule has 28 heavy (non-hydrogen) atoms. The zero-order valence-electron chi connectivity index (χ0n) is 16.1. The van der Waals surface area contributed by atoms with Gasteiger partial charge >= 0.3 is 0 Å². The van der Waals surface area contributed by atoms with Crippen LogP contribution in [0.3, 0.4) is 0 Å². The molecule has 8 nitrogen and oxygen atoms in total. The van der Waals surface area contributed by atoms with Crippen molar-refractivity contribution in [1.82, 2.24) is 4.90 Å². The van der Waals surface area contributed by atoms with Crippen LogP contribution in [0.25, 0.3) is 0 Å². The van der Waals surface area contributed by atoms with Gasteiger partial charge < -0.3 is 14.8 Å². The molecule has 0 fully saturated rings. The van der Waals surface area contributed by atoms with Crippen molar-refractivity contribution in [3.63, 3.8) is 0 Å². The smallest absolute Gasteiger partial charge is 0.269 e. The highest BCUT2D eigenvalue weighted by atomic mass is 16.6. The lowest BCUT2D eigenvalue weighted by molar-refractivity contribution is -0.384. The summed E-state index contributed by atoms with van der Waals surface area (Å²) in [6.45, 7) is 3.23. The third kappa shape index (κ3) is 4.07. The fourth-order valence-corrected chi connectivity index (χ4v) is 3.31. The maximum absolute atomic E-state index is 12.6. The summed E-state index contributed by atoms with van der Waals surface area (Å²) in [6, 6.07) is 9.41. The van der Waals surface area contributed by atoms with Gasteiger partial charge in [0.1, 0.15) is 0 Å². The van der Waals surface area contributed by atoms with Crippen LogP contribution in [0.1, 0.15) is 18.1 Å². The number of anilines is 1. The molecule has 1 atom stereocenters. The first-order chi connectivity index (χ1) is 13.4. The molecule has 0 saturated carbocycles. The van der Waals surface area contributed by atoms with Gasteiger partial charge in [-0.1, -0.05) is 0 Å². The average molecular weight is 385 g/mol. The first-order valence-corrected chi connectivity index (χ1v) is 8.96. The van der Waals surface area contributed by atoms with Crippen LogP contribution in [0, 0.1) is 10.1 Å². The molecule has 0 aliphatic carbocycles. The summed E-state index contributed by atoms with van der Waals surface area (Å²) in [5.41, 5.74) is 2.82. The van der Waals surface area contributed by atoms with E-state index in [0.29, 0.717) is 23.7 Å². The van der Waals surface area contributed by atoms with Crippen molar-refractivity contribution in [3.05, 3.63) is 57.6 Å². The van der Waals surface area contributed by atoms with Gasteiger partial charge in [-0.05, 0) is 48.7 Å². The van der Waals surface area contributed by atoms with Crippen LogP contribution in [-0.2, 0) is 17.8 Å². The quantitative estimate of drug-likeness (QED) is 0.607. The SMILES string of the molecule is COc1cc2c(cc1OC)CN(C(C)C(=O)Nc1ccc([N+](=O)[O-])cc1)CC2. The molecule has 2 aromatic rings. The molecule has 1 aliphatic heterocycles. The molecule has 1 amide bonds. The molecule has 0 saturated heterocycles. The molecule has 3 rings (SSSR count). The maximum atomic E-state index is 12.6. The van der Waals surface area contributed by atoms with Crippen LogP contribution >= 0.6 is 0 Å². The number of methoxy groups -OCH3 is 2. The lowest BCUT2D eigenvalue weighted by Crippen LogP contribution is -2.44. The van der Waals surface area contributed by atoms with Crippen molar-refractivity contribution in [2.45, 2.75) is 25.9 Å². The number of benzene rings is 2. The number of amides is 1. The van der Waals surface area contributed by atoms with E-state index in [-0.39, 0.29) is 17.6 Å². The zero-order valence-corrected chi connectivity index (χ0v) is 16.1. The van der Waals surface area contributed by atoms with Crippen molar-refractivity contribution < 1.29 is 19.2 Å². The van der Waals surface area contributed by atoms with Crippen LogP contribution in [0.5, 0.6) is 11.5 Å². The Morgan fingerprint density at radius 3 is 2.32 bits per heavy atom. The van der Waals surface area contributed by atoms with Gasteiger partial charge in [-0.25, -0.2) is 0 Å². The molecule has 2 aromatic carbocycles. The number of fused-ring (bicyclic) bond motifs is 1. The number of rotatable bonds is 6. The summed E-state index contributed by atoms with van der Waals surface area (Å²) >= 11 is 0. The molecular weight excluding hydrogens is 362 g/mol. The molecule has 148 valence electrons. The molecule has 8 heteroatoms. The number of hydrogen-bond acceptors (Lipinski definition) is 6. The van der Waals surface area contributed by atoms with Crippen LogP contribution in [0.4, 0.5) is 11.4 Å². The van der Waals surface area contributed by atoms with Crippen LogP contribution < -0.4 is 14.8 Å². The van der Waals surface area contributed by atoms with Gasteiger partial charge in [0.25, 0.3) is 5.69 Å². The predicted molar refractivity (Wildman–Crippen MR) is 105 cm³/mol. The van der Waals surface area contributed by atoms with E-state index in [1.54, 1.807) is 14.2 Å². The normalized spacial score (nSPS) is 14.7. The van der Waals surface area contributed by atoms with Gasteiger partial charge in [0, 0.05) is 30.9 Å². The first-order valence-electron chi connectivity index (χ1n) is 8.96. The fourth-order valence-electron chi connectivity index (χ4n) is 3.31. The van der Waals surface area contributed by atoms with Crippen molar-refractivity contribution >= 4 is 17.3 Å². The largest absolute Gasteiger partial charge is 0.493 e. The number of hydrogen-bond donors (Lipinski definition) is 1. The van der Waals surface area contributed by atoms with Crippen molar-refractivity contribution in [2.75, 3.05) is 26.1 Å². The minimum atomic E-state index is -0.470. The van der Waals surface area contributed by atoms with Crippen LogP contribution in [0.15, 0.2) is 36.4 Å². The summed E-state index contributed by atoms with van der Waals surface area (Å²) < 4.78 is 10.7. The number of carbonyl (C=O) groups excluding carboxylic acids is 1. The van der Waals surface area contributed by atoms with Gasteiger partial charge in [0.2, 0.25) is 5.91 Å². The summed E-state index contributed by atoms with van der Waals surface area (Å²) in [5.74, 6) is 1.22. The summed E-state index contributed by atoms with van der Waals surface area (Å²) in [7, 11) is 3.22. The third-order valence-electron chi connectivity index (χ3n) is 5.02. The third-order valence-corrected chi connectivity index (χ3v) is 5.02. The number of nitro benzene ring substituents is 1. The number of nitrogens with zero attached hydrogens (tertiary/aromatic N) is 2. The van der Waals surface area contributed by atoms with Crippen LogP contribution in [-0.4, -0.2) is 42.5 Å². The second-order valence-electron chi connectivity index (χ2n) is 6.67. The van der Waals surface area contributed by atoms with Crippen molar-refractivity contribution in [2.24, 2.45) is 0 Å². The van der Waals surface area contributed by atoms with Gasteiger partial charge in [-0.15, -0.1) is 0 Å². The molecule has 1 unspecified atom stereocenters. The molecule has 1 aliphatic rings. The Labute approximate surface area is 163 Å². The Balaban J connectivity index is 1.68. The molecule has 0 bridgehead atoms. The first kappa shape index (κ1) is 19.6. The standard InChI is InChI=1S/C20H23N3O5/c1-13(20(24)21-16-4-6-17(7-5-16)23(25)26)22-9-8-14-10-18(27-2)19(28-3)11-15(14)12-22/h4-7,10-11,13H,8-9,12H2,1-3H3,(H,21,24). The van der Waals surface area contributed by atoms with E-state index in [2.05, 4.69) is 10.2 Å². The summed E-state index contributed by atoms with van der Waals surface area (Å²) in [5, 5.41) is 13.6. The number of nitrogens with one attached hydrogen (secondary N) is 1. The van der Waals surface area contributed by atoms with E-state index in [0.717, 1.165) is 18.5 Å². The second kappa shape index (κ2) is 8.26. The maximum Gasteiger partial charge on any atom is 0.269 e. The topological polar surface area (TPSA) is 93.9 Å². The van der Waals surface area contributed by atoms with E-state index < -0.39 is 4.92 Å². The van der Waals surface area contributed by atoms with Gasteiger partial charge in [0.05, 0.1) is 25.2 Å². The van der Waals surface area contributed by atoms with E-state index >= 15 is 0 Å². The van der Waals surface area contributed by atoms with E-state index in [1.165, 1.54) is 29.8 Å². The van der Waals surface area contributed by atoms with Gasteiger partial charge in [0.15, 0.2) is 11.5 Å². The number of nitro groups is 1. The molecule has 0 radical (unpaired) electrons. The molecular formula is C20H23N3O5. The zero-order chi connectivity index (χ0) is 20.3. The minimum Gasteiger partial charge on any atom is -0.493 e. The predicted octanol–water partition coefficient (Wildman–Crippen LogP) is 3.00. The van der Waals surface area contributed by atoms with Crippen molar-refractivity contribution in [3.8, 4) is 11.5 Å². The lowest BCUT2D eigenvalue weighted by Gasteiger charge is -2.33. The van der Waals surface area contributed by atoms with Crippen molar-refractivity contribution in [1.29, 1.82) is 0 Å². The lowest BCUT2D eigenvalue weighted by atomic mass is 9.97. The highest BCUT2D eigenvalue weighted by Gasteiger charge is 2.26. The number of non-ortho nitro benzene ring substituents is 1. The number of carbonyl (C=O) groups is 1. The monoisotopic (exact) mass is 385 g/mol. The van der Waals surface area contributed by atoms with E-state index in [9.17, 15) is 14.9 Å². The van der Waals surface area contributed by atoms with Crippen LogP contribution in [0.2, 0.25) is 0 Å². The summed E-state index contributed by atoms with van der Waals surface area (Å²) in [4.78, 5) is 25.0. The highest BCUT2D eigenvalue weighted by Crippen LogP contribution is 2.33. The van der Waals surface area contributed by atoms with E-state index in [4.69, 9.17) is 9.47 Å².